The number of carbonyl (C=O) groups is 1. The van der Waals surface area contributed by atoms with Crippen molar-refractivity contribution >= 4 is 22.8 Å². The minimum atomic E-state index is 0.159. The molecule has 0 radical (unpaired) electrons. The highest BCUT2D eigenvalue weighted by Gasteiger charge is 2.25. The molecule has 0 unspecified atom stereocenters. The van der Waals surface area contributed by atoms with E-state index in [9.17, 15) is 4.79 Å². The van der Waals surface area contributed by atoms with Crippen LogP contribution in [0.2, 0.25) is 0 Å². The van der Waals surface area contributed by atoms with Crippen molar-refractivity contribution in [3.63, 3.8) is 0 Å². The van der Waals surface area contributed by atoms with Crippen LogP contribution < -0.4 is 10.6 Å². The van der Waals surface area contributed by atoms with Crippen LogP contribution in [0, 0.1) is 11.8 Å². The second-order valence-electron chi connectivity index (χ2n) is 8.41. The third kappa shape index (κ3) is 5.42. The lowest BCUT2D eigenvalue weighted by Crippen LogP contribution is -2.35. The maximum Gasteiger partial charge on any atom is 0.223 e. The third-order valence-electron chi connectivity index (χ3n) is 6.25. The van der Waals surface area contributed by atoms with E-state index in [-0.39, 0.29) is 11.8 Å². The van der Waals surface area contributed by atoms with Crippen molar-refractivity contribution in [2.45, 2.75) is 65.0 Å². The summed E-state index contributed by atoms with van der Waals surface area (Å²) in [5.41, 5.74) is 0.752. The number of nitrogens with one attached hydrogen (secondary N) is 2. The summed E-state index contributed by atoms with van der Waals surface area (Å²) in [5, 5.41) is 11.7. The molecule has 1 aliphatic rings. The van der Waals surface area contributed by atoms with Gasteiger partial charge in [0.2, 0.25) is 5.91 Å². The molecular formula is C23H32N6O2. The minimum absolute atomic E-state index is 0.159. The molecule has 0 spiro atoms. The zero-order chi connectivity index (χ0) is 21.5. The number of anilines is 1. The van der Waals surface area contributed by atoms with E-state index >= 15 is 0 Å². The predicted molar refractivity (Wildman–Crippen MR) is 119 cm³/mol. The Bertz CT molecular complexity index is 960. The van der Waals surface area contributed by atoms with Gasteiger partial charge in [0, 0.05) is 12.5 Å². The van der Waals surface area contributed by atoms with Crippen molar-refractivity contribution in [2.75, 3.05) is 11.9 Å². The highest BCUT2D eigenvalue weighted by Crippen LogP contribution is 2.32. The summed E-state index contributed by atoms with van der Waals surface area (Å²) in [4.78, 5) is 21.3. The fraction of sp³-hybridized carbons (Fsp3) is 0.565. The first-order valence-corrected chi connectivity index (χ1v) is 11.4. The smallest absolute Gasteiger partial charge is 0.223 e. The number of fused-ring (bicyclic) bond motifs is 1. The number of rotatable bonds is 10. The Hall–Kier alpha value is -2.90. The van der Waals surface area contributed by atoms with Crippen molar-refractivity contribution in [1.82, 2.24) is 25.1 Å². The van der Waals surface area contributed by atoms with Crippen molar-refractivity contribution in [2.24, 2.45) is 11.8 Å². The molecule has 0 aromatic carbocycles. The highest BCUT2D eigenvalue weighted by molar-refractivity contribution is 5.86. The van der Waals surface area contributed by atoms with Gasteiger partial charge < -0.3 is 15.1 Å². The van der Waals surface area contributed by atoms with Crippen LogP contribution in [-0.4, -0.2) is 32.2 Å². The second-order valence-corrected chi connectivity index (χ2v) is 8.41. The number of unbranched alkanes of at least 4 members (excludes halogenated alkanes) is 1. The van der Waals surface area contributed by atoms with Gasteiger partial charge in [0.25, 0.3) is 0 Å². The van der Waals surface area contributed by atoms with Crippen molar-refractivity contribution in [3.8, 4) is 0 Å². The van der Waals surface area contributed by atoms with Crippen LogP contribution in [-0.2, 0) is 17.9 Å². The maximum absolute atomic E-state index is 12.6. The fourth-order valence-corrected chi connectivity index (χ4v) is 4.42. The Kier molecular flexibility index (Phi) is 7.17. The van der Waals surface area contributed by atoms with E-state index < -0.39 is 0 Å². The summed E-state index contributed by atoms with van der Waals surface area (Å²) in [6.07, 6.45) is 13.2. The van der Waals surface area contributed by atoms with Gasteiger partial charge >= 0.3 is 0 Å². The second kappa shape index (κ2) is 10.4. The normalized spacial score (nSPS) is 18.9. The van der Waals surface area contributed by atoms with Crippen LogP contribution in [0.4, 0.5) is 5.82 Å². The van der Waals surface area contributed by atoms with Crippen molar-refractivity contribution in [3.05, 3.63) is 36.7 Å². The number of furan rings is 1. The molecule has 2 N–H and O–H groups in total. The predicted octanol–water partition coefficient (Wildman–Crippen LogP) is 4.14. The first-order chi connectivity index (χ1) is 15.2. The lowest BCUT2D eigenvalue weighted by Gasteiger charge is -2.27. The van der Waals surface area contributed by atoms with Crippen LogP contribution in [0.1, 0.15) is 57.6 Å². The molecule has 0 atom stereocenters. The quantitative estimate of drug-likeness (QED) is 0.507. The molecule has 0 bridgehead atoms. The molecule has 3 aromatic rings. The average molecular weight is 425 g/mol. The monoisotopic (exact) mass is 424 g/mol. The Balaban J connectivity index is 1.26. The summed E-state index contributed by atoms with van der Waals surface area (Å²) in [6, 6.07) is 3.77. The molecule has 166 valence electrons. The van der Waals surface area contributed by atoms with Gasteiger partial charge in [-0.25, -0.2) is 14.6 Å². The van der Waals surface area contributed by atoms with Gasteiger partial charge in [-0.2, -0.15) is 5.10 Å². The Morgan fingerprint density at radius 1 is 1.26 bits per heavy atom. The number of nitrogens with zero attached hydrogens (tertiary/aromatic N) is 4. The number of hydrogen-bond donors (Lipinski definition) is 2. The summed E-state index contributed by atoms with van der Waals surface area (Å²) in [6.45, 7) is 3.91. The molecular weight excluding hydrogens is 392 g/mol. The average Bonchev–Trinajstić information content (AvgIpc) is 3.47. The molecule has 1 saturated carbocycles. The Morgan fingerprint density at radius 3 is 2.90 bits per heavy atom. The van der Waals surface area contributed by atoms with Gasteiger partial charge in [-0.15, -0.1) is 0 Å². The van der Waals surface area contributed by atoms with E-state index in [4.69, 9.17) is 4.42 Å². The van der Waals surface area contributed by atoms with Crippen molar-refractivity contribution < 1.29 is 9.21 Å². The Morgan fingerprint density at radius 2 is 2.13 bits per heavy atom. The van der Waals surface area contributed by atoms with Crippen LogP contribution in [0.15, 0.2) is 35.3 Å². The van der Waals surface area contributed by atoms with Gasteiger partial charge in [0.1, 0.15) is 17.9 Å². The van der Waals surface area contributed by atoms with Crippen molar-refractivity contribution in [1.29, 1.82) is 0 Å². The van der Waals surface area contributed by atoms with Gasteiger partial charge in [0.05, 0.1) is 30.9 Å². The summed E-state index contributed by atoms with van der Waals surface area (Å²) in [7, 11) is 0. The first-order valence-electron chi connectivity index (χ1n) is 11.4. The molecule has 4 rings (SSSR count). The minimum Gasteiger partial charge on any atom is -0.467 e. The van der Waals surface area contributed by atoms with Gasteiger partial charge in [-0.1, -0.05) is 26.2 Å². The van der Waals surface area contributed by atoms with E-state index in [0.29, 0.717) is 19.6 Å². The highest BCUT2D eigenvalue weighted by atomic mass is 16.3. The standard InChI is InChI=1S/C23H32N6O2/c1-2-3-5-17-7-9-18(10-8-17)23(30)24-11-12-29-22-20(15-28-29)21(26-16-27-22)25-14-19-6-4-13-31-19/h4,6,13,15-18H,2-3,5,7-12,14H2,1H3,(H,24,30)(H,25,26,27). The van der Waals surface area contributed by atoms with Gasteiger partial charge in [0.15, 0.2) is 5.65 Å². The van der Waals surface area contributed by atoms with Crippen LogP contribution >= 0.6 is 0 Å². The van der Waals surface area contributed by atoms with Gasteiger partial charge in [-0.05, 0) is 43.7 Å². The molecule has 31 heavy (non-hydrogen) atoms. The largest absolute Gasteiger partial charge is 0.467 e. The Labute approximate surface area is 182 Å². The number of hydrogen-bond acceptors (Lipinski definition) is 6. The molecule has 0 aliphatic heterocycles. The topological polar surface area (TPSA) is 97.9 Å². The van der Waals surface area contributed by atoms with Crippen LogP contribution in [0.25, 0.3) is 11.0 Å². The molecule has 1 aliphatic carbocycles. The molecule has 1 fully saturated rings. The third-order valence-corrected chi connectivity index (χ3v) is 6.25. The number of carbonyl (C=O) groups excluding carboxylic acids is 1. The number of amides is 1. The molecule has 0 saturated heterocycles. The van der Waals surface area contributed by atoms with E-state index in [1.54, 1.807) is 12.5 Å². The summed E-state index contributed by atoms with van der Waals surface area (Å²) >= 11 is 0. The molecule has 1 amide bonds. The molecule has 3 heterocycles. The summed E-state index contributed by atoms with van der Waals surface area (Å²) in [5.74, 6) is 2.71. The zero-order valence-corrected chi connectivity index (χ0v) is 18.2. The lowest BCUT2D eigenvalue weighted by atomic mass is 9.79. The SMILES string of the molecule is CCCCC1CCC(C(=O)NCCn2ncc3c(NCc4ccco4)ncnc32)CC1. The van der Waals surface area contributed by atoms with E-state index in [1.807, 2.05) is 16.8 Å². The molecule has 8 heteroatoms. The molecule has 3 aromatic heterocycles. The zero-order valence-electron chi connectivity index (χ0n) is 18.2. The van der Waals surface area contributed by atoms with E-state index in [1.165, 1.54) is 38.4 Å². The van der Waals surface area contributed by atoms with E-state index in [2.05, 4.69) is 32.6 Å². The maximum atomic E-state index is 12.6. The fourth-order valence-electron chi connectivity index (χ4n) is 4.42. The van der Waals surface area contributed by atoms with E-state index in [0.717, 1.165) is 41.4 Å². The van der Waals surface area contributed by atoms with Crippen LogP contribution in [0.3, 0.4) is 0 Å². The first kappa shape index (κ1) is 21.3. The lowest BCUT2D eigenvalue weighted by molar-refractivity contribution is -0.126. The summed E-state index contributed by atoms with van der Waals surface area (Å²) < 4.78 is 7.17. The molecule has 8 nitrogen and oxygen atoms in total. The number of aromatic nitrogens is 4. The van der Waals surface area contributed by atoms with Gasteiger partial charge in [-0.3, -0.25) is 4.79 Å². The van der Waals surface area contributed by atoms with Crippen LogP contribution in [0.5, 0.6) is 0 Å².